The van der Waals surface area contributed by atoms with Crippen molar-refractivity contribution in [3.8, 4) is 0 Å². The van der Waals surface area contributed by atoms with Crippen molar-refractivity contribution in [2.24, 2.45) is 5.92 Å². The largest absolute Gasteiger partial charge is 0.368 e. The minimum absolute atomic E-state index is 0.00662. The van der Waals surface area contributed by atoms with Gasteiger partial charge >= 0.3 is 0 Å². The van der Waals surface area contributed by atoms with E-state index < -0.39 is 0 Å². The predicted molar refractivity (Wildman–Crippen MR) is 82.0 cm³/mol. The number of hydrogen-bond acceptors (Lipinski definition) is 2. The van der Waals surface area contributed by atoms with E-state index in [0.717, 1.165) is 31.4 Å². The van der Waals surface area contributed by atoms with Gasteiger partial charge in [-0.15, -0.1) is 0 Å². The van der Waals surface area contributed by atoms with E-state index in [-0.39, 0.29) is 12.0 Å². The van der Waals surface area contributed by atoms with Gasteiger partial charge in [0.2, 0.25) is 0 Å². The number of benzene rings is 1. The topological polar surface area (TPSA) is 38.3 Å². The summed E-state index contributed by atoms with van der Waals surface area (Å²) in [5.41, 5.74) is 3.38. The van der Waals surface area contributed by atoms with E-state index in [2.05, 4.69) is 44.3 Å². The number of anilines is 1. The molecule has 0 aliphatic carbocycles. The summed E-state index contributed by atoms with van der Waals surface area (Å²) in [6, 6.07) is 6.23. The number of aryl methyl sites for hydroxylation is 2. The van der Waals surface area contributed by atoms with Crippen LogP contribution in [-0.4, -0.2) is 18.6 Å². The summed E-state index contributed by atoms with van der Waals surface area (Å²) in [7, 11) is 0. The lowest BCUT2D eigenvalue weighted by Gasteiger charge is -2.27. The number of para-hydroxylation sites is 1. The molecule has 0 bridgehead atoms. The fourth-order valence-corrected chi connectivity index (χ4v) is 2.75. The molecule has 0 spiro atoms. The molecule has 110 valence electrons. The first-order valence-electron chi connectivity index (χ1n) is 7.68. The summed E-state index contributed by atoms with van der Waals surface area (Å²) >= 11 is 0. The summed E-state index contributed by atoms with van der Waals surface area (Å²) in [4.78, 5) is 12.4. The normalized spacial score (nSPS) is 22.6. The monoisotopic (exact) mass is 275 g/mol. The van der Waals surface area contributed by atoms with E-state index in [1.165, 1.54) is 11.1 Å². The molecule has 20 heavy (non-hydrogen) atoms. The number of hydrogen-bond donors (Lipinski definition) is 1. The Hall–Kier alpha value is -1.35. The highest BCUT2D eigenvalue weighted by Crippen LogP contribution is 2.25. The molecule has 2 atom stereocenters. The lowest BCUT2D eigenvalue weighted by atomic mass is 9.96. The molecule has 1 N–H and O–H groups in total. The van der Waals surface area contributed by atoms with Gasteiger partial charge in [-0.2, -0.15) is 0 Å². The van der Waals surface area contributed by atoms with Gasteiger partial charge in [0, 0.05) is 12.3 Å². The number of rotatable bonds is 4. The Bertz CT molecular complexity index is 448. The highest BCUT2D eigenvalue weighted by Gasteiger charge is 2.26. The summed E-state index contributed by atoms with van der Waals surface area (Å²) in [5, 5.41) is 3.11. The highest BCUT2D eigenvalue weighted by molar-refractivity contribution is 5.95. The first kappa shape index (κ1) is 15.0. The second-order valence-electron chi connectivity index (χ2n) is 5.64. The average Bonchev–Trinajstić information content (AvgIpc) is 2.47. The molecule has 1 heterocycles. The Morgan fingerprint density at radius 2 is 1.95 bits per heavy atom. The average molecular weight is 275 g/mol. The van der Waals surface area contributed by atoms with Gasteiger partial charge < -0.3 is 10.1 Å². The van der Waals surface area contributed by atoms with E-state index >= 15 is 0 Å². The highest BCUT2D eigenvalue weighted by atomic mass is 16.5. The van der Waals surface area contributed by atoms with E-state index in [4.69, 9.17) is 4.74 Å². The van der Waals surface area contributed by atoms with Gasteiger partial charge in [-0.05, 0) is 42.7 Å². The SMILES string of the molecule is CCc1cccc(CC)c1NC(=O)[C@@H]1C[C@@H](C)CCO1. The molecule has 0 aromatic heterocycles. The molecular weight excluding hydrogens is 250 g/mol. The first-order chi connectivity index (χ1) is 9.65. The quantitative estimate of drug-likeness (QED) is 0.912. The predicted octanol–water partition coefficient (Wildman–Crippen LogP) is 3.57. The van der Waals surface area contributed by atoms with Gasteiger partial charge in [-0.3, -0.25) is 4.79 Å². The Labute approximate surface area is 121 Å². The van der Waals surface area contributed by atoms with Crippen molar-refractivity contribution < 1.29 is 9.53 Å². The molecular formula is C17H25NO2. The second-order valence-corrected chi connectivity index (χ2v) is 5.64. The third-order valence-electron chi connectivity index (χ3n) is 4.09. The van der Waals surface area contributed by atoms with Crippen molar-refractivity contribution in [1.82, 2.24) is 0 Å². The molecule has 1 aromatic carbocycles. The van der Waals surface area contributed by atoms with Gasteiger partial charge in [0.15, 0.2) is 0 Å². The summed E-state index contributed by atoms with van der Waals surface area (Å²) in [6.07, 6.45) is 3.42. The van der Waals surface area contributed by atoms with Crippen molar-refractivity contribution in [3.63, 3.8) is 0 Å². The first-order valence-corrected chi connectivity index (χ1v) is 7.68. The zero-order valence-corrected chi connectivity index (χ0v) is 12.7. The number of nitrogens with one attached hydrogen (secondary N) is 1. The lowest BCUT2D eigenvalue weighted by molar-refractivity contribution is -0.131. The third-order valence-corrected chi connectivity index (χ3v) is 4.09. The Kier molecular flexibility index (Phi) is 5.18. The van der Waals surface area contributed by atoms with Crippen molar-refractivity contribution in [2.75, 3.05) is 11.9 Å². The van der Waals surface area contributed by atoms with Crippen LogP contribution in [0, 0.1) is 5.92 Å². The third kappa shape index (κ3) is 3.40. The molecule has 1 aliphatic heterocycles. The Balaban J connectivity index is 2.14. The second kappa shape index (κ2) is 6.89. The molecule has 1 aromatic rings. The zero-order chi connectivity index (χ0) is 14.5. The summed E-state index contributed by atoms with van der Waals surface area (Å²) in [6.45, 7) is 7.10. The van der Waals surface area contributed by atoms with Crippen LogP contribution in [-0.2, 0) is 22.4 Å². The van der Waals surface area contributed by atoms with Crippen LogP contribution in [0.5, 0.6) is 0 Å². The number of ether oxygens (including phenoxy) is 1. The van der Waals surface area contributed by atoms with Crippen LogP contribution in [0.15, 0.2) is 18.2 Å². The maximum Gasteiger partial charge on any atom is 0.253 e. The van der Waals surface area contributed by atoms with Crippen molar-refractivity contribution >= 4 is 11.6 Å². The fraction of sp³-hybridized carbons (Fsp3) is 0.588. The molecule has 1 amide bonds. The molecule has 3 heteroatoms. The van der Waals surface area contributed by atoms with E-state index in [1.807, 2.05) is 0 Å². The summed E-state index contributed by atoms with van der Waals surface area (Å²) in [5.74, 6) is 0.568. The van der Waals surface area contributed by atoms with Gasteiger partial charge in [-0.1, -0.05) is 39.0 Å². The van der Waals surface area contributed by atoms with Crippen LogP contribution in [0.3, 0.4) is 0 Å². The van der Waals surface area contributed by atoms with E-state index in [9.17, 15) is 4.79 Å². The van der Waals surface area contributed by atoms with E-state index in [1.54, 1.807) is 0 Å². The fourth-order valence-electron chi connectivity index (χ4n) is 2.75. The Morgan fingerprint density at radius 3 is 2.50 bits per heavy atom. The Morgan fingerprint density at radius 1 is 1.30 bits per heavy atom. The van der Waals surface area contributed by atoms with Crippen LogP contribution in [0.4, 0.5) is 5.69 Å². The molecule has 1 saturated heterocycles. The summed E-state index contributed by atoms with van der Waals surface area (Å²) < 4.78 is 5.62. The van der Waals surface area contributed by atoms with Gasteiger partial charge in [0.25, 0.3) is 5.91 Å². The molecule has 0 radical (unpaired) electrons. The molecule has 3 nitrogen and oxygen atoms in total. The number of amides is 1. The maximum absolute atomic E-state index is 12.4. The zero-order valence-electron chi connectivity index (χ0n) is 12.7. The van der Waals surface area contributed by atoms with Crippen molar-refractivity contribution in [2.45, 2.75) is 52.6 Å². The lowest BCUT2D eigenvalue weighted by Crippen LogP contribution is -2.36. The molecule has 2 rings (SSSR count). The van der Waals surface area contributed by atoms with Crippen LogP contribution in [0.25, 0.3) is 0 Å². The van der Waals surface area contributed by atoms with Crippen molar-refractivity contribution in [1.29, 1.82) is 0 Å². The van der Waals surface area contributed by atoms with Gasteiger partial charge in [0.1, 0.15) is 6.10 Å². The standard InChI is InChI=1S/C17H25NO2/c1-4-13-7-6-8-14(5-2)16(13)18-17(19)15-11-12(3)9-10-20-15/h6-8,12,15H,4-5,9-11H2,1-3H3,(H,18,19)/t12-,15-/m0/s1. The molecule has 0 saturated carbocycles. The van der Waals surface area contributed by atoms with Crippen LogP contribution in [0.2, 0.25) is 0 Å². The van der Waals surface area contributed by atoms with Crippen LogP contribution >= 0.6 is 0 Å². The maximum atomic E-state index is 12.4. The van der Waals surface area contributed by atoms with Crippen LogP contribution in [0.1, 0.15) is 44.7 Å². The van der Waals surface area contributed by atoms with Crippen LogP contribution < -0.4 is 5.32 Å². The molecule has 1 fully saturated rings. The van der Waals surface area contributed by atoms with Gasteiger partial charge in [-0.25, -0.2) is 0 Å². The minimum Gasteiger partial charge on any atom is -0.368 e. The molecule has 0 unspecified atom stereocenters. The number of carbonyl (C=O) groups is 1. The van der Waals surface area contributed by atoms with Crippen molar-refractivity contribution in [3.05, 3.63) is 29.3 Å². The minimum atomic E-state index is -0.298. The van der Waals surface area contributed by atoms with Gasteiger partial charge in [0.05, 0.1) is 0 Å². The smallest absolute Gasteiger partial charge is 0.253 e. The van der Waals surface area contributed by atoms with E-state index in [0.29, 0.717) is 12.5 Å². The number of carbonyl (C=O) groups excluding carboxylic acids is 1. The molecule has 1 aliphatic rings.